The van der Waals surface area contributed by atoms with Gasteiger partial charge < -0.3 is 10.2 Å². The molecule has 0 fully saturated rings. The minimum absolute atomic E-state index is 0.109. The van der Waals surface area contributed by atoms with Crippen LogP contribution in [0.1, 0.15) is 21.5 Å². The largest absolute Gasteiger partial charge is 0.478 e. The molecule has 0 aliphatic heterocycles. The molecule has 0 aliphatic carbocycles. The first-order chi connectivity index (χ1) is 9.17. The summed E-state index contributed by atoms with van der Waals surface area (Å²) in [4.78, 5) is 10.2. The molecule has 0 saturated carbocycles. The fourth-order valence-corrected chi connectivity index (χ4v) is 1.34. The lowest BCUT2D eigenvalue weighted by atomic mass is 10.1. The lowest BCUT2D eigenvalue weighted by Crippen LogP contribution is -1.93. The first kappa shape index (κ1) is 14.7. The van der Waals surface area contributed by atoms with E-state index in [4.69, 9.17) is 10.2 Å². The molecule has 0 spiro atoms. The number of benzene rings is 2. The summed E-state index contributed by atoms with van der Waals surface area (Å²) in [5.74, 6) is -0.879. The van der Waals surface area contributed by atoms with Gasteiger partial charge in [-0.25, -0.2) is 4.79 Å². The molecular formula is C16H16O3. The third-order valence-electron chi connectivity index (χ3n) is 2.42. The van der Waals surface area contributed by atoms with Crippen molar-refractivity contribution >= 4 is 12.0 Å². The summed E-state index contributed by atoms with van der Waals surface area (Å²) in [7, 11) is 0. The number of hydrogen-bond donors (Lipinski definition) is 2. The molecule has 19 heavy (non-hydrogen) atoms. The van der Waals surface area contributed by atoms with E-state index in [0.29, 0.717) is 5.56 Å². The van der Waals surface area contributed by atoms with Gasteiger partial charge in [-0.15, -0.1) is 0 Å². The van der Waals surface area contributed by atoms with E-state index in [2.05, 4.69) is 6.58 Å². The molecule has 0 aromatic heterocycles. The number of aromatic carboxylic acids is 1. The predicted octanol–water partition coefficient (Wildman–Crippen LogP) is 3.21. The van der Waals surface area contributed by atoms with Crippen molar-refractivity contribution in [1.29, 1.82) is 0 Å². The maximum Gasteiger partial charge on any atom is 0.335 e. The van der Waals surface area contributed by atoms with Crippen molar-refractivity contribution in [3.05, 3.63) is 77.9 Å². The van der Waals surface area contributed by atoms with Gasteiger partial charge in [0.2, 0.25) is 0 Å². The Morgan fingerprint density at radius 2 is 1.63 bits per heavy atom. The highest BCUT2D eigenvalue weighted by atomic mass is 16.4. The summed E-state index contributed by atoms with van der Waals surface area (Å²) in [6, 6.07) is 15.9. The lowest BCUT2D eigenvalue weighted by Gasteiger charge is -1.94. The first-order valence-corrected chi connectivity index (χ1v) is 5.78. The van der Waals surface area contributed by atoms with E-state index in [-0.39, 0.29) is 6.61 Å². The predicted molar refractivity (Wildman–Crippen MR) is 75.9 cm³/mol. The topological polar surface area (TPSA) is 57.5 Å². The summed E-state index contributed by atoms with van der Waals surface area (Å²) >= 11 is 0. The number of carboxylic acids is 1. The summed E-state index contributed by atoms with van der Waals surface area (Å²) in [6.45, 7) is 3.73. The van der Waals surface area contributed by atoms with Crippen LogP contribution >= 0.6 is 0 Å². The maximum atomic E-state index is 10.2. The van der Waals surface area contributed by atoms with E-state index in [9.17, 15) is 4.79 Å². The van der Waals surface area contributed by atoms with Crippen LogP contribution in [0.5, 0.6) is 0 Å². The minimum atomic E-state index is -0.879. The molecule has 0 unspecified atom stereocenters. The summed E-state index contributed by atoms with van der Waals surface area (Å²) in [6.07, 6.45) is 1.78. The second-order valence-electron chi connectivity index (χ2n) is 3.77. The second-order valence-corrected chi connectivity index (χ2v) is 3.77. The molecule has 2 rings (SSSR count). The number of carboxylic acid groups (broad SMARTS) is 1. The number of aliphatic hydroxyl groups is 1. The van der Waals surface area contributed by atoms with Crippen LogP contribution in [0, 0.1) is 0 Å². The van der Waals surface area contributed by atoms with Gasteiger partial charge in [0.25, 0.3) is 0 Å². The van der Waals surface area contributed by atoms with E-state index in [0.717, 1.165) is 11.1 Å². The molecule has 3 nitrogen and oxygen atoms in total. The molecule has 2 N–H and O–H groups in total. The van der Waals surface area contributed by atoms with Crippen molar-refractivity contribution in [2.24, 2.45) is 0 Å². The number of aliphatic hydroxyl groups excluding tert-OH is 1. The van der Waals surface area contributed by atoms with Crippen LogP contribution in [0.15, 0.2) is 61.2 Å². The molecule has 0 heterocycles. The summed E-state index contributed by atoms with van der Waals surface area (Å²) in [5.41, 5.74) is 2.35. The molecule has 3 heteroatoms. The van der Waals surface area contributed by atoms with Crippen molar-refractivity contribution in [1.82, 2.24) is 0 Å². The Morgan fingerprint density at radius 1 is 1.05 bits per heavy atom. The van der Waals surface area contributed by atoms with Crippen molar-refractivity contribution in [2.75, 3.05) is 0 Å². The van der Waals surface area contributed by atoms with Crippen LogP contribution in [0.3, 0.4) is 0 Å². The molecule has 0 bridgehead atoms. The van der Waals surface area contributed by atoms with Crippen LogP contribution in [0.4, 0.5) is 0 Å². The SMILES string of the molecule is C=Cc1ccc(CO)cc1.O=C(O)c1ccccc1. The highest BCUT2D eigenvalue weighted by Gasteiger charge is 1.96. The highest BCUT2D eigenvalue weighted by Crippen LogP contribution is 2.04. The monoisotopic (exact) mass is 256 g/mol. The molecule has 0 aliphatic rings. The van der Waals surface area contributed by atoms with E-state index in [1.54, 1.807) is 36.4 Å². The average molecular weight is 256 g/mol. The van der Waals surface area contributed by atoms with Gasteiger partial charge in [-0.1, -0.05) is 55.1 Å². The van der Waals surface area contributed by atoms with Crippen LogP contribution in [-0.2, 0) is 6.61 Å². The third kappa shape index (κ3) is 5.19. The normalized spacial score (nSPS) is 9.11. The van der Waals surface area contributed by atoms with Gasteiger partial charge in [0.05, 0.1) is 12.2 Å². The lowest BCUT2D eigenvalue weighted by molar-refractivity contribution is 0.0697. The number of hydrogen-bond acceptors (Lipinski definition) is 2. The zero-order valence-electron chi connectivity index (χ0n) is 10.5. The standard InChI is InChI=1S/C9H10O.C7H6O2/c1-2-8-3-5-9(7-10)6-4-8;8-7(9)6-4-2-1-3-5-6/h2-6,10H,1,7H2;1-5H,(H,8,9). The first-order valence-electron chi connectivity index (χ1n) is 5.78. The van der Waals surface area contributed by atoms with E-state index in [1.165, 1.54) is 0 Å². The second kappa shape index (κ2) is 7.84. The van der Waals surface area contributed by atoms with E-state index in [1.807, 2.05) is 24.3 Å². The molecule has 2 aromatic rings. The van der Waals surface area contributed by atoms with Gasteiger partial charge in [0.1, 0.15) is 0 Å². The molecule has 0 radical (unpaired) electrons. The van der Waals surface area contributed by atoms with Gasteiger partial charge in [-0.2, -0.15) is 0 Å². The third-order valence-corrected chi connectivity index (χ3v) is 2.42. The Bertz CT molecular complexity index is 515. The minimum Gasteiger partial charge on any atom is -0.478 e. The summed E-state index contributed by atoms with van der Waals surface area (Å²) < 4.78 is 0. The number of carbonyl (C=O) groups is 1. The molecule has 0 saturated heterocycles. The van der Waals surface area contributed by atoms with Gasteiger partial charge in [-0.3, -0.25) is 0 Å². The van der Waals surface area contributed by atoms with Crippen LogP contribution < -0.4 is 0 Å². The molecule has 98 valence electrons. The fraction of sp³-hybridized carbons (Fsp3) is 0.0625. The van der Waals surface area contributed by atoms with Crippen molar-refractivity contribution in [2.45, 2.75) is 6.61 Å². The van der Waals surface area contributed by atoms with Gasteiger partial charge >= 0.3 is 5.97 Å². The Kier molecular flexibility index (Phi) is 6.06. The average Bonchev–Trinajstić information content (AvgIpc) is 2.49. The number of rotatable bonds is 3. The maximum absolute atomic E-state index is 10.2. The van der Waals surface area contributed by atoms with E-state index < -0.39 is 5.97 Å². The van der Waals surface area contributed by atoms with Crippen molar-refractivity contribution in [3.63, 3.8) is 0 Å². The zero-order chi connectivity index (χ0) is 14.1. The van der Waals surface area contributed by atoms with Gasteiger partial charge in [-0.05, 0) is 23.3 Å². The summed E-state index contributed by atoms with van der Waals surface area (Å²) in [5, 5.41) is 17.1. The molecule has 2 aromatic carbocycles. The smallest absolute Gasteiger partial charge is 0.335 e. The quantitative estimate of drug-likeness (QED) is 0.886. The van der Waals surface area contributed by atoms with E-state index >= 15 is 0 Å². The highest BCUT2D eigenvalue weighted by molar-refractivity contribution is 5.87. The van der Waals surface area contributed by atoms with Crippen LogP contribution in [-0.4, -0.2) is 16.2 Å². The molecule has 0 amide bonds. The van der Waals surface area contributed by atoms with Crippen LogP contribution in [0.2, 0.25) is 0 Å². The Labute approximate surface area is 112 Å². The van der Waals surface area contributed by atoms with Crippen LogP contribution in [0.25, 0.3) is 6.08 Å². The molecule has 0 atom stereocenters. The Morgan fingerprint density at radius 3 is 2.00 bits per heavy atom. The fourth-order valence-electron chi connectivity index (χ4n) is 1.34. The van der Waals surface area contributed by atoms with Gasteiger partial charge in [0, 0.05) is 0 Å². The zero-order valence-corrected chi connectivity index (χ0v) is 10.5. The van der Waals surface area contributed by atoms with Gasteiger partial charge in [0.15, 0.2) is 0 Å². The Balaban J connectivity index is 0.000000191. The molecular weight excluding hydrogens is 240 g/mol. The van der Waals surface area contributed by atoms with Crippen molar-refractivity contribution < 1.29 is 15.0 Å². The van der Waals surface area contributed by atoms with Crippen molar-refractivity contribution in [3.8, 4) is 0 Å². The Hall–Kier alpha value is -2.39.